The van der Waals surface area contributed by atoms with Crippen molar-refractivity contribution in [1.82, 2.24) is 0 Å². The van der Waals surface area contributed by atoms with Crippen LogP contribution in [0.1, 0.15) is 228 Å². The van der Waals surface area contributed by atoms with E-state index in [0.29, 0.717) is 19.3 Å². The second-order valence-corrected chi connectivity index (χ2v) is 16.1. The first-order chi connectivity index (χ1) is 25.1. The van der Waals surface area contributed by atoms with Gasteiger partial charge in [-0.3, -0.25) is 9.59 Å². The second-order valence-electron chi connectivity index (χ2n) is 16.1. The monoisotopic (exact) mass is 734 g/mol. The maximum atomic E-state index is 13.1. The number of carbonyl (C=O) groups excluding carboxylic acids is 2. The molecule has 0 aliphatic rings. The lowest BCUT2D eigenvalue weighted by molar-refractivity contribution is -0.178. The molecule has 0 aromatic rings. The van der Waals surface area contributed by atoms with E-state index in [0.717, 1.165) is 57.8 Å². The molecule has 0 fully saturated rings. The first-order valence-electron chi connectivity index (χ1n) is 22.2. The Morgan fingerprint density at radius 2 is 0.885 bits per heavy atom. The predicted molar refractivity (Wildman–Crippen MR) is 222 cm³/mol. The van der Waals surface area contributed by atoms with Crippen LogP contribution >= 0.6 is 0 Å². The number of esters is 2. The van der Waals surface area contributed by atoms with Gasteiger partial charge in [0.05, 0.1) is 6.10 Å². The highest BCUT2D eigenvalue weighted by atomic mass is 16.6. The number of hydrogen-bond acceptors (Lipinski definition) is 6. The summed E-state index contributed by atoms with van der Waals surface area (Å²) in [5.74, 6) is -1.18. The average molecular weight is 734 g/mol. The highest BCUT2D eigenvalue weighted by Gasteiger charge is 2.43. The summed E-state index contributed by atoms with van der Waals surface area (Å²) in [4.78, 5) is 25.9. The first kappa shape index (κ1) is 50.3. The van der Waals surface area contributed by atoms with Crippen LogP contribution < -0.4 is 5.73 Å². The lowest BCUT2D eigenvalue weighted by atomic mass is 9.77. The number of aliphatic hydroxyl groups excluding tert-OH is 1. The number of allylic oxidation sites excluding steroid dienone is 4. The summed E-state index contributed by atoms with van der Waals surface area (Å²) in [7, 11) is 0. The number of ether oxygens (including phenoxy) is 2. The number of hydrogen-bond donors (Lipinski definition) is 2. The third kappa shape index (κ3) is 29.8. The molecule has 6 nitrogen and oxygen atoms in total. The van der Waals surface area contributed by atoms with Crippen molar-refractivity contribution in [2.45, 2.75) is 252 Å². The smallest absolute Gasteiger partial charge is 0.306 e. The number of rotatable bonds is 37. The van der Waals surface area contributed by atoms with Gasteiger partial charge in [-0.25, -0.2) is 0 Å². The zero-order chi connectivity index (χ0) is 38.7. The van der Waals surface area contributed by atoms with E-state index in [-0.39, 0.29) is 11.9 Å². The Bertz CT molecular complexity index is 878. The van der Waals surface area contributed by atoms with E-state index >= 15 is 0 Å². The Labute approximate surface area is 322 Å². The number of aliphatic hydroxyl groups is 1. The van der Waals surface area contributed by atoms with Gasteiger partial charge >= 0.3 is 11.9 Å². The zero-order valence-electron chi connectivity index (χ0n) is 35.3. The van der Waals surface area contributed by atoms with Crippen LogP contribution in [0.25, 0.3) is 0 Å². The molecular weight excluding hydrogens is 647 g/mol. The highest BCUT2D eigenvalue weighted by molar-refractivity contribution is 5.70. The molecule has 0 amide bonds. The molecule has 52 heavy (non-hydrogen) atoms. The van der Waals surface area contributed by atoms with Gasteiger partial charge in [-0.15, -0.1) is 0 Å². The maximum absolute atomic E-state index is 13.1. The van der Waals surface area contributed by atoms with E-state index in [4.69, 9.17) is 15.2 Å². The fraction of sp³-hybridized carbons (Fsp3) is 0.870. The van der Waals surface area contributed by atoms with E-state index < -0.39 is 29.8 Å². The van der Waals surface area contributed by atoms with Gasteiger partial charge in [0.25, 0.3) is 0 Å². The SMILES string of the molecule is CCCCCCCC/C=C\CCCCCCCC(=O)OC(C)C(OC(=O)CCCCCCC/C=C\CCCCCCCC)C(C(O)CC)C(C)(C)N. The molecule has 0 radical (unpaired) electrons. The van der Waals surface area contributed by atoms with Crippen molar-refractivity contribution in [2.75, 3.05) is 0 Å². The van der Waals surface area contributed by atoms with E-state index in [2.05, 4.69) is 38.2 Å². The van der Waals surface area contributed by atoms with Crippen LogP contribution in [0.15, 0.2) is 24.3 Å². The summed E-state index contributed by atoms with van der Waals surface area (Å²) in [6.07, 6.45) is 39.4. The Hall–Kier alpha value is -1.66. The largest absolute Gasteiger partial charge is 0.459 e. The number of carbonyl (C=O) groups is 2. The van der Waals surface area contributed by atoms with Crippen LogP contribution in [0.5, 0.6) is 0 Å². The van der Waals surface area contributed by atoms with Gasteiger partial charge < -0.3 is 20.3 Å². The molecular formula is C46H87NO5. The van der Waals surface area contributed by atoms with Crippen molar-refractivity contribution in [3.63, 3.8) is 0 Å². The van der Waals surface area contributed by atoms with Gasteiger partial charge in [0.1, 0.15) is 12.2 Å². The van der Waals surface area contributed by atoms with E-state index in [9.17, 15) is 14.7 Å². The van der Waals surface area contributed by atoms with Gasteiger partial charge in [-0.2, -0.15) is 0 Å². The van der Waals surface area contributed by atoms with Crippen molar-refractivity contribution in [3.05, 3.63) is 24.3 Å². The fourth-order valence-electron chi connectivity index (χ4n) is 7.08. The first-order valence-corrected chi connectivity index (χ1v) is 22.2. The highest BCUT2D eigenvalue weighted by Crippen LogP contribution is 2.30. The Kier molecular flexibility index (Phi) is 33.9. The van der Waals surface area contributed by atoms with Crippen molar-refractivity contribution in [2.24, 2.45) is 11.7 Å². The lowest BCUT2D eigenvalue weighted by Gasteiger charge is -2.41. The van der Waals surface area contributed by atoms with Gasteiger partial charge in [0, 0.05) is 24.3 Å². The molecule has 0 spiro atoms. The van der Waals surface area contributed by atoms with Gasteiger partial charge in [-0.05, 0) is 91.4 Å². The minimum atomic E-state index is -0.840. The molecule has 3 N–H and O–H groups in total. The van der Waals surface area contributed by atoms with Crippen LogP contribution in [0.3, 0.4) is 0 Å². The van der Waals surface area contributed by atoms with Crippen molar-refractivity contribution < 1.29 is 24.2 Å². The Morgan fingerprint density at radius 1 is 0.558 bits per heavy atom. The minimum Gasteiger partial charge on any atom is -0.459 e. The van der Waals surface area contributed by atoms with Crippen molar-refractivity contribution in [1.29, 1.82) is 0 Å². The van der Waals surface area contributed by atoms with E-state index in [1.807, 2.05) is 20.8 Å². The number of nitrogens with two attached hydrogens (primary N) is 1. The standard InChI is InChI=1S/C46H87NO5/c1-7-10-12-14-16-18-20-22-24-26-28-30-32-34-36-38-42(49)51-40(4)45(44(41(48)9-3)46(5,6)47)52-43(50)39-37-35-33-31-29-27-25-23-21-19-17-15-13-11-8-2/h22-25,40-41,44-45,48H,7-21,26-39,47H2,1-6H3/b24-22-,25-23-. The van der Waals surface area contributed by atoms with Crippen LogP contribution in [0.2, 0.25) is 0 Å². The average Bonchev–Trinajstić information content (AvgIpc) is 3.10. The fourth-order valence-corrected chi connectivity index (χ4v) is 7.08. The molecule has 0 aromatic carbocycles. The molecule has 0 saturated carbocycles. The molecule has 0 aliphatic carbocycles. The third-order valence-corrected chi connectivity index (χ3v) is 10.4. The normalized spacial score (nSPS) is 14.5. The van der Waals surface area contributed by atoms with E-state index in [1.165, 1.54) is 109 Å². The molecule has 4 atom stereocenters. The molecule has 0 rings (SSSR count). The zero-order valence-corrected chi connectivity index (χ0v) is 35.3. The van der Waals surface area contributed by atoms with Gasteiger partial charge in [0.2, 0.25) is 0 Å². The molecule has 0 saturated heterocycles. The molecule has 0 bridgehead atoms. The van der Waals surface area contributed by atoms with Gasteiger partial charge in [0.15, 0.2) is 0 Å². The topological polar surface area (TPSA) is 98.8 Å². The van der Waals surface area contributed by atoms with Crippen molar-refractivity contribution >= 4 is 11.9 Å². The maximum Gasteiger partial charge on any atom is 0.306 e. The molecule has 4 unspecified atom stereocenters. The third-order valence-electron chi connectivity index (χ3n) is 10.4. The molecule has 306 valence electrons. The van der Waals surface area contributed by atoms with Crippen LogP contribution in [0.4, 0.5) is 0 Å². The van der Waals surface area contributed by atoms with E-state index in [1.54, 1.807) is 6.92 Å². The summed E-state index contributed by atoms with van der Waals surface area (Å²) in [5, 5.41) is 11.0. The summed E-state index contributed by atoms with van der Waals surface area (Å²) in [6, 6.07) is 0. The summed E-state index contributed by atoms with van der Waals surface area (Å²) in [6.45, 7) is 11.8. The molecule has 6 heteroatoms. The van der Waals surface area contributed by atoms with Crippen LogP contribution in [-0.4, -0.2) is 40.9 Å². The second kappa shape index (κ2) is 35.1. The lowest BCUT2D eigenvalue weighted by Crippen LogP contribution is -2.56. The number of unbranched alkanes of at least 4 members (excludes halogenated alkanes) is 22. The molecule has 0 aromatic heterocycles. The predicted octanol–water partition coefficient (Wildman–Crippen LogP) is 13.0. The van der Waals surface area contributed by atoms with Crippen molar-refractivity contribution in [3.8, 4) is 0 Å². The Morgan fingerprint density at radius 3 is 1.23 bits per heavy atom. The summed E-state index contributed by atoms with van der Waals surface area (Å²) >= 11 is 0. The minimum absolute atomic E-state index is 0.289. The van der Waals surface area contributed by atoms with Gasteiger partial charge in [-0.1, -0.05) is 148 Å². The summed E-state index contributed by atoms with van der Waals surface area (Å²) < 4.78 is 11.8. The molecule has 0 aliphatic heterocycles. The van der Waals surface area contributed by atoms with Crippen LogP contribution in [-0.2, 0) is 19.1 Å². The summed E-state index contributed by atoms with van der Waals surface area (Å²) in [5.41, 5.74) is 5.70. The Balaban J connectivity index is 4.49. The quantitative estimate of drug-likeness (QED) is 0.0375. The van der Waals surface area contributed by atoms with Crippen LogP contribution in [0, 0.1) is 5.92 Å². The molecule has 0 heterocycles.